The Balaban J connectivity index is 1.95. The lowest BCUT2D eigenvalue weighted by Gasteiger charge is -2.12. The van der Waals surface area contributed by atoms with Crippen LogP contribution in [0.5, 0.6) is 0 Å². The molecule has 0 aliphatic carbocycles. The maximum atomic E-state index is 14.2. The van der Waals surface area contributed by atoms with Gasteiger partial charge in [-0.1, -0.05) is 47.1 Å². The summed E-state index contributed by atoms with van der Waals surface area (Å²) >= 11 is 6.11. The van der Waals surface area contributed by atoms with E-state index in [0.717, 1.165) is 21.4 Å². The van der Waals surface area contributed by atoms with E-state index in [2.05, 4.69) is 20.4 Å². The Labute approximate surface area is 166 Å². The third-order valence-corrected chi connectivity index (χ3v) is 4.37. The average molecular weight is 401 g/mol. The fraction of sp³-hybridized carbons (Fsp3) is 0.150. The molecule has 1 N–H and O–H groups in total. The van der Waals surface area contributed by atoms with Gasteiger partial charge in [0.2, 0.25) is 5.95 Å². The molecule has 1 heterocycles. The van der Waals surface area contributed by atoms with Gasteiger partial charge in [0.15, 0.2) is 0 Å². The van der Waals surface area contributed by atoms with E-state index < -0.39 is 11.9 Å². The van der Waals surface area contributed by atoms with Crippen molar-refractivity contribution in [1.82, 2.24) is 9.78 Å². The van der Waals surface area contributed by atoms with Crippen molar-refractivity contribution in [3.8, 4) is 11.1 Å². The number of oxime groups is 1. The zero-order valence-corrected chi connectivity index (χ0v) is 16.3. The van der Waals surface area contributed by atoms with Crippen molar-refractivity contribution in [2.45, 2.75) is 6.92 Å². The monoisotopic (exact) mass is 400 g/mol. The molecule has 0 aliphatic rings. The first-order valence-electron chi connectivity index (χ1n) is 8.37. The summed E-state index contributed by atoms with van der Waals surface area (Å²) in [5.74, 6) is -1.28. The molecule has 0 unspecified atom stereocenters. The number of amides is 1. The molecule has 2 aromatic carbocycles. The van der Waals surface area contributed by atoms with Crippen molar-refractivity contribution in [1.29, 1.82) is 0 Å². The SMILES string of the molecule is CON=Cc1ccc(-c2ccc(Cl)cc2NC(=O)c2c(C)nn(C)c2F)cc1. The van der Waals surface area contributed by atoms with Crippen molar-refractivity contribution < 1.29 is 14.0 Å². The third-order valence-electron chi connectivity index (χ3n) is 4.14. The highest BCUT2D eigenvalue weighted by molar-refractivity contribution is 6.31. The molecular formula is C20H18ClFN4O2. The second kappa shape index (κ2) is 8.22. The molecule has 3 rings (SSSR count). The van der Waals surface area contributed by atoms with Crippen LogP contribution >= 0.6 is 11.6 Å². The van der Waals surface area contributed by atoms with Gasteiger partial charge in [0.05, 0.1) is 17.6 Å². The molecule has 3 aromatic rings. The molecule has 0 radical (unpaired) electrons. The topological polar surface area (TPSA) is 68.5 Å². The fourth-order valence-electron chi connectivity index (χ4n) is 2.81. The highest BCUT2D eigenvalue weighted by Crippen LogP contribution is 2.31. The van der Waals surface area contributed by atoms with E-state index in [0.29, 0.717) is 16.4 Å². The van der Waals surface area contributed by atoms with Gasteiger partial charge in [-0.05, 0) is 30.2 Å². The lowest BCUT2D eigenvalue weighted by molar-refractivity contribution is 0.102. The van der Waals surface area contributed by atoms with Crippen molar-refractivity contribution in [2.75, 3.05) is 12.4 Å². The summed E-state index contributed by atoms with van der Waals surface area (Å²) in [5, 5.41) is 10.9. The highest BCUT2D eigenvalue weighted by Gasteiger charge is 2.21. The molecule has 0 atom stereocenters. The predicted molar refractivity (Wildman–Crippen MR) is 107 cm³/mol. The Hall–Kier alpha value is -3.19. The van der Waals surface area contributed by atoms with Crippen LogP contribution in [-0.4, -0.2) is 29.0 Å². The maximum absolute atomic E-state index is 14.2. The largest absolute Gasteiger partial charge is 0.399 e. The molecule has 1 aromatic heterocycles. The maximum Gasteiger partial charge on any atom is 0.262 e. The minimum atomic E-state index is -0.694. The summed E-state index contributed by atoms with van der Waals surface area (Å²) in [6.07, 6.45) is 1.59. The Morgan fingerprint density at radius 2 is 2.00 bits per heavy atom. The summed E-state index contributed by atoms with van der Waals surface area (Å²) in [5.41, 5.74) is 3.14. The van der Waals surface area contributed by atoms with Gasteiger partial charge in [0, 0.05) is 17.6 Å². The quantitative estimate of drug-likeness (QED) is 0.509. The van der Waals surface area contributed by atoms with Crippen LogP contribution in [0.15, 0.2) is 47.6 Å². The standard InChI is InChI=1S/C20H18ClFN4O2/c1-12-18(19(22)26(2)25-12)20(27)24-17-10-15(21)8-9-16(17)14-6-4-13(5-7-14)11-23-28-3/h4-11H,1-3H3,(H,24,27). The summed E-state index contributed by atoms with van der Waals surface area (Å²) < 4.78 is 15.2. The number of carbonyl (C=O) groups is 1. The van der Waals surface area contributed by atoms with Gasteiger partial charge in [-0.25, -0.2) is 4.68 Å². The zero-order chi connectivity index (χ0) is 20.3. The van der Waals surface area contributed by atoms with Crippen LogP contribution in [0.2, 0.25) is 5.02 Å². The Kier molecular flexibility index (Phi) is 5.75. The van der Waals surface area contributed by atoms with E-state index >= 15 is 0 Å². The van der Waals surface area contributed by atoms with Crippen molar-refractivity contribution in [3.63, 3.8) is 0 Å². The number of halogens is 2. The van der Waals surface area contributed by atoms with E-state index in [4.69, 9.17) is 11.6 Å². The van der Waals surface area contributed by atoms with E-state index in [1.807, 2.05) is 24.3 Å². The molecule has 6 nitrogen and oxygen atoms in total. The zero-order valence-electron chi connectivity index (χ0n) is 15.5. The Bertz CT molecular complexity index is 1050. The van der Waals surface area contributed by atoms with Crippen LogP contribution in [0.3, 0.4) is 0 Å². The Morgan fingerprint density at radius 3 is 2.61 bits per heavy atom. The summed E-state index contributed by atoms with van der Waals surface area (Å²) in [4.78, 5) is 17.3. The van der Waals surface area contributed by atoms with Crippen molar-refractivity contribution >= 4 is 29.4 Å². The molecule has 0 saturated carbocycles. The number of anilines is 1. The molecule has 144 valence electrons. The van der Waals surface area contributed by atoms with E-state index in [1.165, 1.54) is 14.2 Å². The number of benzene rings is 2. The van der Waals surface area contributed by atoms with Crippen molar-refractivity contribution in [3.05, 3.63) is 70.3 Å². The van der Waals surface area contributed by atoms with E-state index in [-0.39, 0.29) is 5.56 Å². The number of rotatable bonds is 5. The first kappa shape index (κ1) is 19.6. The van der Waals surface area contributed by atoms with Crippen LogP contribution in [0.4, 0.5) is 10.1 Å². The number of nitrogens with one attached hydrogen (secondary N) is 1. The molecule has 0 fully saturated rings. The van der Waals surface area contributed by atoms with Crippen LogP contribution in [-0.2, 0) is 11.9 Å². The molecule has 8 heteroatoms. The molecule has 0 spiro atoms. The van der Waals surface area contributed by atoms with Gasteiger partial charge in [0.25, 0.3) is 5.91 Å². The predicted octanol–water partition coefficient (Wildman–Crippen LogP) is 4.42. The summed E-state index contributed by atoms with van der Waals surface area (Å²) in [6, 6.07) is 12.6. The van der Waals surface area contributed by atoms with Gasteiger partial charge < -0.3 is 10.2 Å². The van der Waals surface area contributed by atoms with Crippen LogP contribution in [0, 0.1) is 12.9 Å². The van der Waals surface area contributed by atoms with E-state index in [9.17, 15) is 9.18 Å². The van der Waals surface area contributed by atoms with Gasteiger partial charge >= 0.3 is 0 Å². The number of aryl methyl sites for hydroxylation is 2. The van der Waals surface area contributed by atoms with E-state index in [1.54, 1.807) is 31.3 Å². The fourth-order valence-corrected chi connectivity index (χ4v) is 2.98. The first-order chi connectivity index (χ1) is 13.4. The second-order valence-electron chi connectivity index (χ2n) is 6.06. The lowest BCUT2D eigenvalue weighted by Crippen LogP contribution is -2.15. The van der Waals surface area contributed by atoms with Crippen LogP contribution in [0.25, 0.3) is 11.1 Å². The molecule has 28 heavy (non-hydrogen) atoms. The van der Waals surface area contributed by atoms with Crippen LogP contribution < -0.4 is 5.32 Å². The number of nitrogens with zero attached hydrogens (tertiary/aromatic N) is 3. The van der Waals surface area contributed by atoms with Gasteiger partial charge in [0.1, 0.15) is 12.7 Å². The van der Waals surface area contributed by atoms with Gasteiger partial charge in [-0.2, -0.15) is 9.49 Å². The molecule has 0 bridgehead atoms. The summed E-state index contributed by atoms with van der Waals surface area (Å²) in [6.45, 7) is 1.58. The number of hydrogen-bond acceptors (Lipinski definition) is 4. The highest BCUT2D eigenvalue weighted by atomic mass is 35.5. The Morgan fingerprint density at radius 1 is 1.29 bits per heavy atom. The molecule has 0 aliphatic heterocycles. The second-order valence-corrected chi connectivity index (χ2v) is 6.49. The smallest absolute Gasteiger partial charge is 0.262 e. The average Bonchev–Trinajstić information content (AvgIpc) is 2.92. The van der Waals surface area contributed by atoms with Crippen molar-refractivity contribution in [2.24, 2.45) is 12.2 Å². The van der Waals surface area contributed by atoms with Gasteiger partial charge in [-0.15, -0.1) is 0 Å². The third kappa shape index (κ3) is 4.04. The summed E-state index contributed by atoms with van der Waals surface area (Å²) in [7, 11) is 2.92. The molecule has 0 saturated heterocycles. The normalized spacial score (nSPS) is 11.0. The molecular weight excluding hydrogens is 383 g/mol. The number of hydrogen-bond donors (Lipinski definition) is 1. The minimum Gasteiger partial charge on any atom is -0.399 e. The minimum absolute atomic E-state index is 0.0976. The molecule has 1 amide bonds. The number of carbonyl (C=O) groups excluding carboxylic acids is 1. The van der Waals surface area contributed by atoms with Gasteiger partial charge in [-0.3, -0.25) is 4.79 Å². The van der Waals surface area contributed by atoms with Crippen LogP contribution in [0.1, 0.15) is 21.6 Å². The lowest BCUT2D eigenvalue weighted by atomic mass is 10.0. The first-order valence-corrected chi connectivity index (χ1v) is 8.75. The number of aromatic nitrogens is 2.